The van der Waals surface area contributed by atoms with E-state index in [0.29, 0.717) is 12.2 Å². The maximum absolute atomic E-state index is 13.1. The van der Waals surface area contributed by atoms with Crippen molar-refractivity contribution in [2.24, 2.45) is 5.92 Å². The van der Waals surface area contributed by atoms with Crippen LogP contribution >= 0.6 is 0 Å². The Balaban J connectivity index is 1.71. The number of cyclic esters (lactones) is 1. The van der Waals surface area contributed by atoms with E-state index in [-0.39, 0.29) is 19.0 Å². The highest BCUT2D eigenvalue weighted by atomic mass is 19.1. The summed E-state index contributed by atoms with van der Waals surface area (Å²) in [5, 5.41) is 10.2. The summed E-state index contributed by atoms with van der Waals surface area (Å²) >= 11 is 0. The number of hydrogen-bond donors (Lipinski definition) is 1. The zero-order valence-corrected chi connectivity index (χ0v) is 13.1. The number of carbonyl (C=O) groups is 1. The Morgan fingerprint density at radius 3 is 2.54 bits per heavy atom. The summed E-state index contributed by atoms with van der Waals surface area (Å²) in [6.07, 6.45) is -0.812. The molecular formula is C19H19FO4. The zero-order valence-electron chi connectivity index (χ0n) is 13.1. The molecule has 0 unspecified atom stereocenters. The van der Waals surface area contributed by atoms with Crippen LogP contribution in [0.25, 0.3) is 0 Å². The first-order chi connectivity index (χ1) is 11.6. The SMILES string of the molecule is O=C1OC[C@H](O)[C@@H](COCc2ccccc2)[C@@H]1c1ccc(F)cc1. The van der Waals surface area contributed by atoms with Crippen LogP contribution in [0.15, 0.2) is 54.6 Å². The number of ether oxygens (including phenoxy) is 2. The summed E-state index contributed by atoms with van der Waals surface area (Å²) in [5.74, 6) is -1.88. The Hall–Kier alpha value is -2.24. The van der Waals surface area contributed by atoms with Gasteiger partial charge in [0.2, 0.25) is 0 Å². The third-order valence-corrected chi connectivity index (χ3v) is 4.22. The topological polar surface area (TPSA) is 55.8 Å². The average molecular weight is 330 g/mol. The van der Waals surface area contributed by atoms with Crippen molar-refractivity contribution in [1.29, 1.82) is 0 Å². The molecule has 1 fully saturated rings. The van der Waals surface area contributed by atoms with Crippen LogP contribution in [0.3, 0.4) is 0 Å². The molecule has 24 heavy (non-hydrogen) atoms. The van der Waals surface area contributed by atoms with Gasteiger partial charge >= 0.3 is 5.97 Å². The van der Waals surface area contributed by atoms with Crippen molar-refractivity contribution in [3.63, 3.8) is 0 Å². The third-order valence-electron chi connectivity index (χ3n) is 4.22. The van der Waals surface area contributed by atoms with Gasteiger partial charge in [0.05, 0.1) is 25.2 Å². The number of esters is 1. The van der Waals surface area contributed by atoms with Gasteiger partial charge < -0.3 is 14.6 Å². The van der Waals surface area contributed by atoms with Crippen molar-refractivity contribution in [3.05, 3.63) is 71.5 Å². The van der Waals surface area contributed by atoms with Gasteiger partial charge in [0.15, 0.2) is 0 Å². The van der Waals surface area contributed by atoms with E-state index in [1.165, 1.54) is 12.1 Å². The fourth-order valence-electron chi connectivity index (χ4n) is 2.93. The number of rotatable bonds is 5. The second kappa shape index (κ2) is 7.55. The highest BCUT2D eigenvalue weighted by Crippen LogP contribution is 2.33. The molecule has 1 N–H and O–H groups in total. The molecule has 2 aromatic rings. The Kier molecular flexibility index (Phi) is 5.23. The van der Waals surface area contributed by atoms with Crippen LogP contribution < -0.4 is 0 Å². The van der Waals surface area contributed by atoms with Crippen LogP contribution in [-0.4, -0.2) is 30.4 Å². The van der Waals surface area contributed by atoms with Crippen molar-refractivity contribution < 1.29 is 23.8 Å². The molecule has 4 nitrogen and oxygen atoms in total. The number of halogens is 1. The molecule has 0 amide bonds. The van der Waals surface area contributed by atoms with Gasteiger partial charge in [0.25, 0.3) is 0 Å². The van der Waals surface area contributed by atoms with Gasteiger partial charge in [-0.1, -0.05) is 42.5 Å². The van der Waals surface area contributed by atoms with E-state index < -0.39 is 23.9 Å². The van der Waals surface area contributed by atoms with Crippen LogP contribution in [0.1, 0.15) is 17.0 Å². The van der Waals surface area contributed by atoms with E-state index >= 15 is 0 Å². The van der Waals surface area contributed by atoms with Crippen LogP contribution in [0.2, 0.25) is 0 Å². The molecule has 126 valence electrons. The van der Waals surface area contributed by atoms with E-state index in [0.717, 1.165) is 5.56 Å². The van der Waals surface area contributed by atoms with Crippen molar-refractivity contribution in [3.8, 4) is 0 Å². The molecule has 1 saturated heterocycles. The number of carbonyl (C=O) groups excluding carboxylic acids is 1. The minimum absolute atomic E-state index is 0.0457. The van der Waals surface area contributed by atoms with Gasteiger partial charge in [0, 0.05) is 5.92 Å². The van der Waals surface area contributed by atoms with Gasteiger partial charge in [-0.3, -0.25) is 4.79 Å². The lowest BCUT2D eigenvalue weighted by Crippen LogP contribution is -2.43. The highest BCUT2D eigenvalue weighted by Gasteiger charge is 2.40. The largest absolute Gasteiger partial charge is 0.462 e. The Bertz CT molecular complexity index is 672. The van der Waals surface area contributed by atoms with Crippen LogP contribution in [0.5, 0.6) is 0 Å². The van der Waals surface area contributed by atoms with Crippen molar-refractivity contribution in [1.82, 2.24) is 0 Å². The van der Waals surface area contributed by atoms with Gasteiger partial charge in [-0.05, 0) is 23.3 Å². The molecule has 3 rings (SSSR count). The third kappa shape index (κ3) is 3.80. The lowest BCUT2D eigenvalue weighted by Gasteiger charge is -2.34. The van der Waals surface area contributed by atoms with Crippen LogP contribution in [0, 0.1) is 11.7 Å². The second-order valence-corrected chi connectivity index (χ2v) is 5.89. The molecule has 0 spiro atoms. The first-order valence-corrected chi connectivity index (χ1v) is 7.87. The molecule has 0 aliphatic carbocycles. The standard InChI is InChI=1S/C19H19FO4/c20-15-8-6-14(7-9-15)18-16(17(21)12-24-19(18)22)11-23-10-13-4-2-1-3-5-13/h1-9,16-18,21H,10-12H2/t16-,17+,18+/m1/s1. The molecular weight excluding hydrogens is 311 g/mol. The first-order valence-electron chi connectivity index (χ1n) is 7.87. The summed E-state index contributed by atoms with van der Waals surface area (Å²) < 4.78 is 23.9. The van der Waals surface area contributed by atoms with E-state index in [9.17, 15) is 14.3 Å². The number of hydrogen-bond acceptors (Lipinski definition) is 4. The quantitative estimate of drug-likeness (QED) is 0.857. The van der Waals surface area contributed by atoms with Gasteiger partial charge in [-0.15, -0.1) is 0 Å². The van der Waals surface area contributed by atoms with Crippen LogP contribution in [-0.2, 0) is 20.9 Å². The summed E-state index contributed by atoms with van der Waals surface area (Å²) in [7, 11) is 0. The van der Waals surface area contributed by atoms with Crippen LogP contribution in [0.4, 0.5) is 4.39 Å². The lowest BCUT2D eigenvalue weighted by molar-refractivity contribution is -0.164. The molecule has 1 heterocycles. The maximum Gasteiger partial charge on any atom is 0.313 e. The minimum atomic E-state index is -0.812. The predicted octanol–water partition coefficient (Wildman–Crippen LogP) is 2.66. The molecule has 0 saturated carbocycles. The molecule has 0 radical (unpaired) electrons. The van der Waals surface area contributed by atoms with Gasteiger partial charge in [0.1, 0.15) is 12.4 Å². The minimum Gasteiger partial charge on any atom is -0.462 e. The highest BCUT2D eigenvalue weighted by molar-refractivity contribution is 5.79. The predicted molar refractivity (Wildman–Crippen MR) is 85.7 cm³/mol. The van der Waals surface area contributed by atoms with E-state index in [4.69, 9.17) is 9.47 Å². The maximum atomic E-state index is 13.1. The summed E-state index contributed by atoms with van der Waals surface area (Å²) in [6, 6.07) is 15.4. The summed E-state index contributed by atoms with van der Waals surface area (Å²) in [5.41, 5.74) is 1.64. The summed E-state index contributed by atoms with van der Waals surface area (Å²) in [4.78, 5) is 12.2. The lowest BCUT2D eigenvalue weighted by atomic mass is 9.81. The molecule has 0 aromatic heterocycles. The van der Waals surface area contributed by atoms with E-state index in [1.807, 2.05) is 30.3 Å². The fraction of sp³-hybridized carbons (Fsp3) is 0.316. The second-order valence-electron chi connectivity index (χ2n) is 5.89. The Morgan fingerprint density at radius 1 is 1.12 bits per heavy atom. The zero-order chi connectivity index (χ0) is 16.9. The average Bonchev–Trinajstić information content (AvgIpc) is 2.60. The Labute approximate surface area is 139 Å². The fourth-order valence-corrected chi connectivity index (χ4v) is 2.93. The van der Waals surface area contributed by atoms with Gasteiger partial charge in [-0.2, -0.15) is 0 Å². The monoisotopic (exact) mass is 330 g/mol. The Morgan fingerprint density at radius 2 is 1.83 bits per heavy atom. The van der Waals surface area contributed by atoms with Gasteiger partial charge in [-0.25, -0.2) is 4.39 Å². The molecule has 2 aromatic carbocycles. The molecule has 1 aliphatic rings. The van der Waals surface area contributed by atoms with Crippen molar-refractivity contribution in [2.75, 3.05) is 13.2 Å². The molecule has 0 bridgehead atoms. The number of benzene rings is 2. The normalized spacial score (nSPS) is 23.8. The van der Waals surface area contributed by atoms with Crippen molar-refractivity contribution in [2.45, 2.75) is 18.6 Å². The van der Waals surface area contributed by atoms with Crippen molar-refractivity contribution >= 4 is 5.97 Å². The number of aliphatic hydroxyl groups excluding tert-OH is 1. The molecule has 3 atom stereocenters. The smallest absolute Gasteiger partial charge is 0.313 e. The molecule has 1 aliphatic heterocycles. The summed E-state index contributed by atoms with van der Waals surface area (Å²) in [6.45, 7) is 0.568. The number of aliphatic hydroxyl groups is 1. The van der Waals surface area contributed by atoms with E-state index in [2.05, 4.69) is 0 Å². The first kappa shape index (κ1) is 16.6. The van der Waals surface area contributed by atoms with E-state index in [1.54, 1.807) is 12.1 Å². The molecule has 5 heteroatoms.